The Morgan fingerprint density at radius 3 is 2.52 bits per heavy atom. The molecule has 1 aliphatic heterocycles. The zero-order valence-electron chi connectivity index (χ0n) is 11.6. The summed E-state index contributed by atoms with van der Waals surface area (Å²) in [5.74, 6) is 0.174. The lowest BCUT2D eigenvalue weighted by Crippen LogP contribution is -2.49. The second kappa shape index (κ2) is 7.06. The van der Waals surface area contributed by atoms with E-state index < -0.39 is 0 Å². The Hall–Kier alpha value is -1.37. The highest BCUT2D eigenvalue weighted by molar-refractivity contribution is 6.36. The number of aromatic nitrogens is 1. The lowest BCUT2D eigenvalue weighted by Gasteiger charge is -2.33. The smallest absolute Gasteiger partial charge is 0.239 e. The second-order valence-corrected chi connectivity index (χ2v) is 5.66. The number of carbonyl (C=O) groups is 2. The third kappa shape index (κ3) is 4.56. The predicted octanol–water partition coefficient (Wildman–Crippen LogP) is 1.49. The zero-order valence-corrected chi connectivity index (χ0v) is 13.1. The molecule has 8 heteroatoms. The van der Waals surface area contributed by atoms with E-state index in [0.29, 0.717) is 42.0 Å². The van der Waals surface area contributed by atoms with Gasteiger partial charge in [0.15, 0.2) is 5.82 Å². The molecule has 0 spiro atoms. The van der Waals surface area contributed by atoms with Gasteiger partial charge in [0, 0.05) is 39.3 Å². The predicted molar refractivity (Wildman–Crippen MR) is 81.6 cm³/mol. The molecule has 0 radical (unpaired) electrons. The molecule has 6 nitrogen and oxygen atoms in total. The van der Waals surface area contributed by atoms with E-state index in [1.165, 1.54) is 12.3 Å². The molecular formula is C13H16Cl2N4O2. The van der Waals surface area contributed by atoms with Crippen molar-refractivity contribution in [2.45, 2.75) is 6.92 Å². The number of hydrogen-bond donors (Lipinski definition) is 1. The fourth-order valence-electron chi connectivity index (χ4n) is 2.10. The van der Waals surface area contributed by atoms with Crippen LogP contribution in [0.2, 0.25) is 10.0 Å². The number of piperazine rings is 1. The number of nitrogens with one attached hydrogen (secondary N) is 1. The van der Waals surface area contributed by atoms with E-state index in [0.717, 1.165) is 0 Å². The first-order valence-electron chi connectivity index (χ1n) is 6.54. The number of pyridine rings is 1. The largest absolute Gasteiger partial charge is 0.340 e. The van der Waals surface area contributed by atoms with Crippen LogP contribution in [0.15, 0.2) is 12.3 Å². The molecule has 1 aromatic heterocycles. The van der Waals surface area contributed by atoms with Crippen molar-refractivity contribution >= 4 is 40.8 Å². The van der Waals surface area contributed by atoms with Crippen molar-refractivity contribution in [2.24, 2.45) is 0 Å². The molecule has 1 saturated heterocycles. The molecule has 1 aromatic rings. The highest BCUT2D eigenvalue weighted by atomic mass is 35.5. The van der Waals surface area contributed by atoms with Gasteiger partial charge >= 0.3 is 0 Å². The Labute approximate surface area is 133 Å². The minimum absolute atomic E-state index is 0.0660. The van der Waals surface area contributed by atoms with Crippen molar-refractivity contribution in [1.29, 1.82) is 0 Å². The quantitative estimate of drug-likeness (QED) is 0.911. The van der Waals surface area contributed by atoms with Gasteiger partial charge in [0.2, 0.25) is 11.8 Å². The van der Waals surface area contributed by atoms with Gasteiger partial charge in [0.25, 0.3) is 0 Å². The molecule has 2 rings (SSSR count). The van der Waals surface area contributed by atoms with Crippen LogP contribution in [0.1, 0.15) is 6.92 Å². The molecule has 21 heavy (non-hydrogen) atoms. The van der Waals surface area contributed by atoms with Gasteiger partial charge < -0.3 is 10.2 Å². The third-order valence-electron chi connectivity index (χ3n) is 3.25. The number of amides is 2. The average Bonchev–Trinajstić information content (AvgIpc) is 2.42. The van der Waals surface area contributed by atoms with Crippen LogP contribution < -0.4 is 5.32 Å². The molecule has 1 N–H and O–H groups in total. The summed E-state index contributed by atoms with van der Waals surface area (Å²) in [6.45, 7) is 4.43. The lowest BCUT2D eigenvalue weighted by atomic mass is 10.3. The van der Waals surface area contributed by atoms with Crippen LogP contribution >= 0.6 is 23.2 Å². The number of halogens is 2. The Kier molecular flexibility index (Phi) is 5.39. The summed E-state index contributed by atoms with van der Waals surface area (Å²) in [6.07, 6.45) is 1.43. The second-order valence-electron chi connectivity index (χ2n) is 4.81. The van der Waals surface area contributed by atoms with E-state index in [4.69, 9.17) is 23.2 Å². The van der Waals surface area contributed by atoms with E-state index in [-0.39, 0.29) is 18.4 Å². The molecule has 0 unspecified atom stereocenters. The molecule has 114 valence electrons. The summed E-state index contributed by atoms with van der Waals surface area (Å²) in [6, 6.07) is 1.53. The Bertz CT molecular complexity index is 545. The van der Waals surface area contributed by atoms with Gasteiger partial charge in [0.05, 0.1) is 16.6 Å². The summed E-state index contributed by atoms with van der Waals surface area (Å²) in [4.78, 5) is 30.9. The SMILES string of the molecule is CC(=O)N1CCN(CC(=O)Nc2ncc(Cl)cc2Cl)CC1. The first-order chi connectivity index (χ1) is 9.95. The van der Waals surface area contributed by atoms with Gasteiger partial charge in [-0.3, -0.25) is 14.5 Å². The number of anilines is 1. The molecule has 0 saturated carbocycles. The van der Waals surface area contributed by atoms with Crippen LogP contribution in [0.25, 0.3) is 0 Å². The molecule has 2 heterocycles. The average molecular weight is 331 g/mol. The Morgan fingerprint density at radius 2 is 1.95 bits per heavy atom. The van der Waals surface area contributed by atoms with Crippen molar-refractivity contribution in [1.82, 2.24) is 14.8 Å². The van der Waals surface area contributed by atoms with E-state index in [2.05, 4.69) is 10.3 Å². The summed E-state index contributed by atoms with van der Waals surface area (Å²) in [7, 11) is 0. The number of hydrogen-bond acceptors (Lipinski definition) is 4. The molecule has 0 aliphatic carbocycles. The number of rotatable bonds is 3. The van der Waals surface area contributed by atoms with Crippen molar-refractivity contribution in [2.75, 3.05) is 38.0 Å². The summed E-state index contributed by atoms with van der Waals surface area (Å²) >= 11 is 11.7. The van der Waals surface area contributed by atoms with Crippen LogP contribution in [-0.2, 0) is 9.59 Å². The van der Waals surface area contributed by atoms with Gasteiger partial charge in [-0.2, -0.15) is 0 Å². The highest BCUT2D eigenvalue weighted by Crippen LogP contribution is 2.22. The van der Waals surface area contributed by atoms with Crippen molar-refractivity contribution in [3.8, 4) is 0 Å². The van der Waals surface area contributed by atoms with Gasteiger partial charge in [-0.05, 0) is 6.07 Å². The number of carbonyl (C=O) groups excluding carboxylic acids is 2. The Balaban J connectivity index is 1.84. The van der Waals surface area contributed by atoms with Gasteiger partial charge in [0.1, 0.15) is 0 Å². The van der Waals surface area contributed by atoms with E-state index in [9.17, 15) is 9.59 Å². The standard InChI is InChI=1S/C13H16Cl2N4O2/c1-9(20)19-4-2-18(3-5-19)8-12(21)17-13-11(15)6-10(14)7-16-13/h6-7H,2-5,8H2,1H3,(H,16,17,21). The molecule has 2 amide bonds. The van der Waals surface area contributed by atoms with Crippen LogP contribution in [-0.4, -0.2) is 59.3 Å². The van der Waals surface area contributed by atoms with Crippen molar-refractivity contribution in [3.05, 3.63) is 22.3 Å². The van der Waals surface area contributed by atoms with Gasteiger partial charge in [-0.15, -0.1) is 0 Å². The van der Waals surface area contributed by atoms with Crippen molar-refractivity contribution < 1.29 is 9.59 Å². The van der Waals surface area contributed by atoms with Crippen molar-refractivity contribution in [3.63, 3.8) is 0 Å². The molecule has 1 fully saturated rings. The normalized spacial score (nSPS) is 15.9. The summed E-state index contributed by atoms with van der Waals surface area (Å²) in [5, 5.41) is 3.37. The molecular weight excluding hydrogens is 315 g/mol. The van der Waals surface area contributed by atoms with Crippen LogP contribution in [0, 0.1) is 0 Å². The number of nitrogens with zero attached hydrogens (tertiary/aromatic N) is 3. The molecule has 0 bridgehead atoms. The van der Waals surface area contributed by atoms with Gasteiger partial charge in [-0.25, -0.2) is 4.98 Å². The minimum Gasteiger partial charge on any atom is -0.340 e. The van der Waals surface area contributed by atoms with Crippen LogP contribution in [0.3, 0.4) is 0 Å². The minimum atomic E-state index is -0.192. The molecule has 0 atom stereocenters. The van der Waals surface area contributed by atoms with E-state index in [1.807, 2.05) is 4.90 Å². The summed E-state index contributed by atoms with van der Waals surface area (Å²) in [5.41, 5.74) is 0. The van der Waals surface area contributed by atoms with Gasteiger partial charge in [-0.1, -0.05) is 23.2 Å². The third-order valence-corrected chi connectivity index (χ3v) is 3.75. The maximum absolute atomic E-state index is 12.0. The fraction of sp³-hybridized carbons (Fsp3) is 0.462. The maximum atomic E-state index is 12.0. The first kappa shape index (κ1) is 16.0. The maximum Gasteiger partial charge on any atom is 0.239 e. The van der Waals surface area contributed by atoms with Crippen LogP contribution in [0.4, 0.5) is 5.82 Å². The molecule has 0 aromatic carbocycles. The zero-order chi connectivity index (χ0) is 15.4. The molecule has 1 aliphatic rings. The summed E-state index contributed by atoms with van der Waals surface area (Å²) < 4.78 is 0. The lowest BCUT2D eigenvalue weighted by molar-refractivity contribution is -0.130. The Morgan fingerprint density at radius 1 is 1.29 bits per heavy atom. The first-order valence-corrected chi connectivity index (χ1v) is 7.30. The highest BCUT2D eigenvalue weighted by Gasteiger charge is 2.20. The van der Waals surface area contributed by atoms with E-state index >= 15 is 0 Å². The van der Waals surface area contributed by atoms with E-state index in [1.54, 1.807) is 11.8 Å². The fourth-order valence-corrected chi connectivity index (χ4v) is 2.53. The monoisotopic (exact) mass is 330 g/mol. The topological polar surface area (TPSA) is 65.5 Å². The van der Waals surface area contributed by atoms with Crippen LogP contribution in [0.5, 0.6) is 0 Å².